The van der Waals surface area contributed by atoms with Crippen LogP contribution < -0.4 is 0 Å². The molecule has 0 amide bonds. The number of carbonyl (C=O) groups excluding carboxylic acids is 3. The van der Waals surface area contributed by atoms with Gasteiger partial charge >= 0.3 is 17.9 Å². The van der Waals surface area contributed by atoms with Gasteiger partial charge in [0.1, 0.15) is 13.2 Å². The molecular formula is C71H122O6. The first-order valence-corrected chi connectivity index (χ1v) is 32.7. The van der Waals surface area contributed by atoms with Crippen molar-refractivity contribution in [3.63, 3.8) is 0 Å². The molecule has 0 radical (unpaired) electrons. The van der Waals surface area contributed by atoms with Crippen LogP contribution in [0.5, 0.6) is 0 Å². The normalized spacial score (nSPS) is 12.7. The molecular weight excluding hydrogens is 949 g/mol. The molecule has 0 spiro atoms. The molecule has 0 aromatic rings. The van der Waals surface area contributed by atoms with Crippen molar-refractivity contribution in [3.05, 3.63) is 97.2 Å². The number of carbonyl (C=O) groups is 3. The number of allylic oxidation sites excluding steroid dienone is 16. The Hall–Kier alpha value is -3.67. The van der Waals surface area contributed by atoms with Gasteiger partial charge in [-0.15, -0.1) is 0 Å². The first-order chi connectivity index (χ1) is 38.0. The van der Waals surface area contributed by atoms with E-state index in [0.29, 0.717) is 19.3 Å². The fraction of sp³-hybridized carbons (Fsp3) is 0.732. The quantitative estimate of drug-likeness (QED) is 0.0261. The zero-order valence-electron chi connectivity index (χ0n) is 50.7. The minimum atomic E-state index is -0.790. The van der Waals surface area contributed by atoms with E-state index in [0.717, 1.165) is 116 Å². The summed E-state index contributed by atoms with van der Waals surface area (Å²) in [6, 6.07) is 0. The molecule has 0 heterocycles. The first kappa shape index (κ1) is 73.3. The molecule has 0 N–H and O–H groups in total. The van der Waals surface area contributed by atoms with Crippen LogP contribution in [0.25, 0.3) is 0 Å². The second-order valence-electron chi connectivity index (χ2n) is 21.6. The number of esters is 3. The summed E-state index contributed by atoms with van der Waals surface area (Å²) >= 11 is 0. The monoisotopic (exact) mass is 1070 g/mol. The van der Waals surface area contributed by atoms with Crippen LogP contribution in [0.4, 0.5) is 0 Å². The summed E-state index contributed by atoms with van der Waals surface area (Å²) in [5.74, 6) is -0.904. The van der Waals surface area contributed by atoms with Gasteiger partial charge in [-0.3, -0.25) is 14.4 Å². The SMILES string of the molecule is CC/C=C\C/C=C\C/C=C\C/C=C\C/C=C\C/C=C\CCCCCCC(=O)OC(COC(=O)CCCCCCCCCCC)COC(=O)CCCCCCCCCCCCCCCCC/C=C\C/C=C\CCCCCCC. The van der Waals surface area contributed by atoms with Crippen molar-refractivity contribution in [1.29, 1.82) is 0 Å². The molecule has 0 aliphatic carbocycles. The summed E-state index contributed by atoms with van der Waals surface area (Å²) in [7, 11) is 0. The van der Waals surface area contributed by atoms with Crippen LogP contribution in [-0.4, -0.2) is 37.2 Å². The zero-order chi connectivity index (χ0) is 55.7. The standard InChI is InChI=1S/C71H122O6/c1-4-7-10-13-16-19-21-23-25-27-29-31-33-34-35-36-38-39-41-43-45-47-49-52-55-58-61-64-70(73)76-67-68(66-75-69(72)63-60-57-54-51-18-15-12-9-6-3)77-71(74)65-62-59-56-53-50-48-46-44-42-40-37-32-30-28-26-24-22-20-17-14-11-8-5-2/h8,11,17,20-21,23-24,26-27,29-30,32,40,42,46,48,68H,4-7,9-10,12-16,18-19,22,25,28,31,33-39,41,43-45,47,49-67H2,1-3H3/b11-8-,20-17-,23-21-,26-24-,29-27-,32-30-,42-40-,48-46-. The number of hydrogen-bond donors (Lipinski definition) is 0. The Balaban J connectivity index is 4.24. The molecule has 442 valence electrons. The summed E-state index contributed by atoms with van der Waals surface area (Å²) in [4.78, 5) is 38.2. The van der Waals surface area contributed by atoms with Crippen molar-refractivity contribution in [1.82, 2.24) is 0 Å². The van der Waals surface area contributed by atoms with Gasteiger partial charge in [0.2, 0.25) is 0 Å². The molecule has 6 nitrogen and oxygen atoms in total. The number of hydrogen-bond acceptors (Lipinski definition) is 6. The first-order valence-electron chi connectivity index (χ1n) is 32.7. The Kier molecular flexibility index (Phi) is 61.8. The third-order valence-corrected chi connectivity index (χ3v) is 14.1. The van der Waals surface area contributed by atoms with Crippen molar-refractivity contribution in [2.75, 3.05) is 13.2 Å². The molecule has 0 bridgehead atoms. The summed E-state index contributed by atoms with van der Waals surface area (Å²) in [5, 5.41) is 0. The summed E-state index contributed by atoms with van der Waals surface area (Å²) in [5.41, 5.74) is 0. The highest BCUT2D eigenvalue weighted by atomic mass is 16.6. The molecule has 77 heavy (non-hydrogen) atoms. The molecule has 0 aromatic carbocycles. The maximum absolute atomic E-state index is 12.9. The summed E-state index contributed by atoms with van der Waals surface area (Å²) in [6.07, 6.45) is 87.2. The van der Waals surface area contributed by atoms with Gasteiger partial charge in [-0.25, -0.2) is 0 Å². The van der Waals surface area contributed by atoms with E-state index >= 15 is 0 Å². The molecule has 0 fully saturated rings. The van der Waals surface area contributed by atoms with Gasteiger partial charge in [0.05, 0.1) is 0 Å². The topological polar surface area (TPSA) is 78.9 Å². The molecule has 0 rings (SSSR count). The molecule has 0 saturated heterocycles. The fourth-order valence-electron chi connectivity index (χ4n) is 9.18. The van der Waals surface area contributed by atoms with Crippen LogP contribution in [0.15, 0.2) is 97.2 Å². The van der Waals surface area contributed by atoms with Crippen LogP contribution in [-0.2, 0) is 28.6 Å². The summed E-state index contributed by atoms with van der Waals surface area (Å²) in [6.45, 7) is 6.50. The highest BCUT2D eigenvalue weighted by Gasteiger charge is 2.19. The van der Waals surface area contributed by atoms with E-state index in [1.54, 1.807) is 0 Å². The second kappa shape index (κ2) is 64.9. The Labute approximate surface area is 477 Å². The number of ether oxygens (including phenoxy) is 3. The predicted octanol–water partition coefficient (Wildman–Crippen LogP) is 22.4. The Morgan fingerprint density at radius 2 is 0.506 bits per heavy atom. The molecule has 6 heteroatoms. The van der Waals surface area contributed by atoms with E-state index in [2.05, 4.69) is 118 Å². The molecule has 0 saturated carbocycles. The van der Waals surface area contributed by atoms with E-state index in [-0.39, 0.29) is 31.1 Å². The Bertz CT molecular complexity index is 1510. The Morgan fingerprint density at radius 3 is 0.792 bits per heavy atom. The van der Waals surface area contributed by atoms with E-state index in [1.165, 1.54) is 161 Å². The van der Waals surface area contributed by atoms with Crippen molar-refractivity contribution < 1.29 is 28.6 Å². The number of unbranched alkanes of at least 4 members (excludes halogenated alkanes) is 32. The van der Waals surface area contributed by atoms with Gasteiger partial charge in [-0.2, -0.15) is 0 Å². The average Bonchev–Trinajstić information content (AvgIpc) is 3.43. The minimum Gasteiger partial charge on any atom is -0.462 e. The maximum atomic E-state index is 12.9. The molecule has 0 aliphatic rings. The van der Waals surface area contributed by atoms with Crippen molar-refractivity contribution >= 4 is 17.9 Å². The fourth-order valence-corrected chi connectivity index (χ4v) is 9.18. The predicted molar refractivity (Wildman–Crippen MR) is 334 cm³/mol. The van der Waals surface area contributed by atoms with E-state index in [1.807, 2.05) is 0 Å². The van der Waals surface area contributed by atoms with Crippen LogP contribution in [0, 0.1) is 0 Å². The molecule has 1 unspecified atom stereocenters. The van der Waals surface area contributed by atoms with Gasteiger partial charge in [0, 0.05) is 19.3 Å². The van der Waals surface area contributed by atoms with Gasteiger partial charge < -0.3 is 14.2 Å². The average molecular weight is 1070 g/mol. The van der Waals surface area contributed by atoms with Gasteiger partial charge in [-0.05, 0) is 103 Å². The van der Waals surface area contributed by atoms with Crippen molar-refractivity contribution in [3.8, 4) is 0 Å². The highest BCUT2D eigenvalue weighted by Crippen LogP contribution is 2.16. The van der Waals surface area contributed by atoms with Gasteiger partial charge in [-0.1, -0.05) is 291 Å². The molecule has 1 atom stereocenters. The van der Waals surface area contributed by atoms with Crippen LogP contribution in [0.1, 0.15) is 316 Å². The van der Waals surface area contributed by atoms with Crippen LogP contribution in [0.3, 0.4) is 0 Å². The lowest BCUT2D eigenvalue weighted by molar-refractivity contribution is -0.167. The smallest absolute Gasteiger partial charge is 0.306 e. The lowest BCUT2D eigenvalue weighted by Gasteiger charge is -2.18. The zero-order valence-corrected chi connectivity index (χ0v) is 50.7. The van der Waals surface area contributed by atoms with E-state index in [4.69, 9.17) is 14.2 Å². The van der Waals surface area contributed by atoms with E-state index < -0.39 is 6.10 Å². The van der Waals surface area contributed by atoms with Gasteiger partial charge in [0.25, 0.3) is 0 Å². The summed E-state index contributed by atoms with van der Waals surface area (Å²) < 4.78 is 16.9. The Morgan fingerprint density at radius 1 is 0.273 bits per heavy atom. The van der Waals surface area contributed by atoms with Crippen LogP contribution in [0.2, 0.25) is 0 Å². The van der Waals surface area contributed by atoms with Crippen molar-refractivity contribution in [2.45, 2.75) is 322 Å². The second-order valence-corrected chi connectivity index (χ2v) is 21.6. The maximum Gasteiger partial charge on any atom is 0.306 e. The third kappa shape index (κ3) is 63.0. The molecule has 0 aliphatic heterocycles. The lowest BCUT2D eigenvalue weighted by atomic mass is 10.0. The highest BCUT2D eigenvalue weighted by molar-refractivity contribution is 5.71. The number of rotatable bonds is 59. The third-order valence-electron chi connectivity index (χ3n) is 14.1. The van der Waals surface area contributed by atoms with Crippen LogP contribution >= 0.6 is 0 Å². The van der Waals surface area contributed by atoms with Gasteiger partial charge in [0.15, 0.2) is 6.10 Å². The molecule has 0 aromatic heterocycles. The minimum absolute atomic E-state index is 0.0858. The van der Waals surface area contributed by atoms with Crippen molar-refractivity contribution in [2.24, 2.45) is 0 Å². The lowest BCUT2D eigenvalue weighted by Crippen LogP contribution is -2.30. The van der Waals surface area contributed by atoms with E-state index in [9.17, 15) is 14.4 Å². The largest absolute Gasteiger partial charge is 0.462 e.